The van der Waals surface area contributed by atoms with Gasteiger partial charge in [-0.25, -0.2) is 4.79 Å². The molecule has 1 aliphatic heterocycles. The van der Waals surface area contributed by atoms with E-state index in [-0.39, 0.29) is 26.4 Å². The second-order valence-corrected chi connectivity index (χ2v) is 9.53. The summed E-state index contributed by atoms with van der Waals surface area (Å²) in [6.07, 6.45) is -1.95. The summed E-state index contributed by atoms with van der Waals surface area (Å²) in [5, 5.41) is 12.1. The molecule has 0 bridgehead atoms. The molecular formula is C32H36O8. The molecule has 4 rings (SSSR count). The van der Waals surface area contributed by atoms with Gasteiger partial charge < -0.3 is 33.5 Å². The normalized spacial score (nSPS) is 23.8. The quantitative estimate of drug-likeness (QED) is 0.237. The van der Waals surface area contributed by atoms with Gasteiger partial charge in [0.25, 0.3) is 0 Å². The predicted octanol–water partition coefficient (Wildman–Crippen LogP) is 4.21. The molecule has 0 radical (unpaired) electrons. The molecule has 0 aliphatic carbocycles. The van der Waals surface area contributed by atoms with E-state index in [1.165, 1.54) is 20.3 Å². The van der Waals surface area contributed by atoms with Crippen molar-refractivity contribution in [2.75, 3.05) is 20.8 Å². The molecule has 0 amide bonds. The van der Waals surface area contributed by atoms with Gasteiger partial charge in [0.15, 0.2) is 6.29 Å². The molecule has 3 aromatic carbocycles. The van der Waals surface area contributed by atoms with Gasteiger partial charge in [-0.05, 0) is 16.7 Å². The van der Waals surface area contributed by atoms with Crippen molar-refractivity contribution >= 4 is 5.97 Å². The first-order valence-electron chi connectivity index (χ1n) is 13.0. The van der Waals surface area contributed by atoms with Crippen LogP contribution in [-0.4, -0.2) is 61.6 Å². The summed E-state index contributed by atoms with van der Waals surface area (Å²) in [7, 11) is 2.65. The van der Waals surface area contributed by atoms with Crippen LogP contribution in [0.15, 0.2) is 104 Å². The molecule has 1 saturated heterocycles. The minimum atomic E-state index is -2.13. The second-order valence-electron chi connectivity index (χ2n) is 9.53. The Bertz CT molecular complexity index is 1210. The van der Waals surface area contributed by atoms with Crippen LogP contribution < -0.4 is 0 Å². The van der Waals surface area contributed by atoms with E-state index in [1.54, 1.807) is 0 Å². The number of esters is 1. The Kier molecular flexibility index (Phi) is 10.2. The Morgan fingerprint density at radius 1 is 0.875 bits per heavy atom. The van der Waals surface area contributed by atoms with Crippen molar-refractivity contribution < 1.29 is 38.3 Å². The molecule has 1 unspecified atom stereocenters. The van der Waals surface area contributed by atoms with E-state index in [9.17, 15) is 9.90 Å². The SMILES string of the molecule is C=CC(O)(COCc1ccccc1)[C@]1(C(=O)OC)O[C@@H](OC)[C@H](OCc2ccccc2)[C@H]1OCc1ccccc1. The van der Waals surface area contributed by atoms with Crippen LogP contribution in [0.2, 0.25) is 0 Å². The van der Waals surface area contributed by atoms with Crippen LogP contribution >= 0.6 is 0 Å². The zero-order valence-corrected chi connectivity index (χ0v) is 22.8. The molecule has 5 atom stereocenters. The maximum absolute atomic E-state index is 13.7. The summed E-state index contributed by atoms with van der Waals surface area (Å²) >= 11 is 0. The number of benzene rings is 3. The summed E-state index contributed by atoms with van der Waals surface area (Å²) in [6, 6.07) is 28.5. The van der Waals surface area contributed by atoms with Gasteiger partial charge >= 0.3 is 5.97 Å². The third kappa shape index (κ3) is 6.33. The lowest BCUT2D eigenvalue weighted by Gasteiger charge is -2.43. The van der Waals surface area contributed by atoms with E-state index < -0.39 is 35.7 Å². The summed E-state index contributed by atoms with van der Waals surface area (Å²) in [6.45, 7) is 3.97. The Morgan fingerprint density at radius 3 is 1.85 bits per heavy atom. The molecule has 1 aliphatic rings. The number of hydrogen-bond acceptors (Lipinski definition) is 8. The molecule has 1 heterocycles. The fourth-order valence-corrected chi connectivity index (χ4v) is 4.84. The molecule has 0 spiro atoms. The van der Waals surface area contributed by atoms with Crippen molar-refractivity contribution in [3.63, 3.8) is 0 Å². The average molecular weight is 549 g/mol. The number of aliphatic hydroxyl groups is 1. The van der Waals surface area contributed by atoms with Crippen molar-refractivity contribution in [3.05, 3.63) is 120 Å². The fourth-order valence-electron chi connectivity index (χ4n) is 4.84. The van der Waals surface area contributed by atoms with E-state index in [0.717, 1.165) is 16.7 Å². The Labute approximate surface area is 235 Å². The molecular weight excluding hydrogens is 512 g/mol. The fraction of sp³-hybridized carbons (Fsp3) is 0.344. The van der Waals surface area contributed by atoms with Crippen molar-refractivity contribution in [1.29, 1.82) is 0 Å². The highest BCUT2D eigenvalue weighted by atomic mass is 16.7. The van der Waals surface area contributed by atoms with Gasteiger partial charge in [0, 0.05) is 7.11 Å². The van der Waals surface area contributed by atoms with Crippen LogP contribution in [0.1, 0.15) is 16.7 Å². The van der Waals surface area contributed by atoms with Crippen molar-refractivity contribution in [2.45, 2.75) is 49.5 Å². The molecule has 8 nitrogen and oxygen atoms in total. The van der Waals surface area contributed by atoms with Crippen LogP contribution in [0.5, 0.6) is 0 Å². The number of carbonyl (C=O) groups excluding carboxylic acids is 1. The summed E-state index contributed by atoms with van der Waals surface area (Å²) < 4.78 is 35.7. The standard InChI is InChI=1S/C32H36O8/c1-4-31(34,23-37-20-24-14-8-5-9-15-24)32(30(33)36-3)28(39-22-26-18-12-7-13-19-26)27(29(35-2)40-32)38-21-25-16-10-6-11-17-25/h4-19,27-29,34H,1,20-23H2,2-3H3/t27-,28-,29-,31?,32+/m1/s1. The first-order valence-corrected chi connectivity index (χ1v) is 13.0. The Morgan fingerprint density at radius 2 is 1.38 bits per heavy atom. The van der Waals surface area contributed by atoms with Crippen LogP contribution in [-0.2, 0) is 53.0 Å². The molecule has 8 heteroatoms. The Hall–Kier alpha value is -3.37. The first-order chi connectivity index (χ1) is 19.5. The molecule has 40 heavy (non-hydrogen) atoms. The highest BCUT2D eigenvalue weighted by molar-refractivity contribution is 5.83. The minimum Gasteiger partial charge on any atom is -0.467 e. The minimum absolute atomic E-state index is 0.105. The number of ether oxygens (including phenoxy) is 6. The monoisotopic (exact) mass is 548 g/mol. The maximum atomic E-state index is 13.7. The van der Waals surface area contributed by atoms with Gasteiger partial charge in [-0.1, -0.05) is 97.1 Å². The molecule has 1 N–H and O–H groups in total. The summed E-state index contributed by atoms with van der Waals surface area (Å²) in [5.41, 5.74) is -1.56. The van der Waals surface area contributed by atoms with Gasteiger partial charge in [-0.2, -0.15) is 0 Å². The lowest BCUT2D eigenvalue weighted by atomic mass is 9.78. The lowest BCUT2D eigenvalue weighted by Crippen LogP contribution is -2.67. The lowest BCUT2D eigenvalue weighted by molar-refractivity contribution is -0.249. The van der Waals surface area contributed by atoms with Crippen molar-refractivity contribution in [2.24, 2.45) is 0 Å². The van der Waals surface area contributed by atoms with E-state index in [0.29, 0.717) is 0 Å². The number of methoxy groups -OCH3 is 2. The number of hydrogen-bond donors (Lipinski definition) is 1. The smallest absolute Gasteiger partial charge is 0.344 e. The third-order valence-electron chi connectivity index (χ3n) is 6.96. The van der Waals surface area contributed by atoms with Crippen LogP contribution in [0.4, 0.5) is 0 Å². The summed E-state index contributed by atoms with van der Waals surface area (Å²) in [5.74, 6) is -0.871. The van der Waals surface area contributed by atoms with Gasteiger partial charge in [-0.3, -0.25) is 0 Å². The van der Waals surface area contributed by atoms with Gasteiger partial charge in [0.1, 0.15) is 17.8 Å². The molecule has 212 valence electrons. The zero-order chi connectivity index (χ0) is 28.4. The van der Waals surface area contributed by atoms with Crippen molar-refractivity contribution in [3.8, 4) is 0 Å². The van der Waals surface area contributed by atoms with Gasteiger partial charge in [-0.15, -0.1) is 6.58 Å². The highest BCUT2D eigenvalue weighted by Crippen LogP contribution is 2.45. The Balaban J connectivity index is 1.69. The topological polar surface area (TPSA) is 92.7 Å². The van der Waals surface area contributed by atoms with Crippen LogP contribution in [0, 0.1) is 0 Å². The molecule has 0 aromatic heterocycles. The number of rotatable bonds is 14. The van der Waals surface area contributed by atoms with Crippen molar-refractivity contribution in [1.82, 2.24) is 0 Å². The molecule has 3 aromatic rings. The van der Waals surface area contributed by atoms with Crippen LogP contribution in [0.25, 0.3) is 0 Å². The summed E-state index contributed by atoms with van der Waals surface area (Å²) in [4.78, 5) is 13.7. The highest BCUT2D eigenvalue weighted by Gasteiger charge is 2.71. The molecule has 0 saturated carbocycles. The van der Waals surface area contributed by atoms with Crippen LogP contribution in [0.3, 0.4) is 0 Å². The predicted molar refractivity (Wildman–Crippen MR) is 148 cm³/mol. The maximum Gasteiger partial charge on any atom is 0.344 e. The first kappa shape index (κ1) is 29.6. The largest absolute Gasteiger partial charge is 0.467 e. The number of carbonyl (C=O) groups is 1. The van der Waals surface area contributed by atoms with E-state index in [1.807, 2.05) is 91.0 Å². The second kappa shape index (κ2) is 13.8. The van der Waals surface area contributed by atoms with E-state index in [2.05, 4.69) is 6.58 Å². The third-order valence-corrected chi connectivity index (χ3v) is 6.96. The van der Waals surface area contributed by atoms with Gasteiger partial charge in [0.2, 0.25) is 5.60 Å². The molecule has 1 fully saturated rings. The van der Waals surface area contributed by atoms with Gasteiger partial charge in [0.05, 0.1) is 33.5 Å². The van der Waals surface area contributed by atoms with E-state index in [4.69, 9.17) is 28.4 Å². The average Bonchev–Trinajstić information content (AvgIpc) is 3.34. The zero-order valence-electron chi connectivity index (χ0n) is 22.8. The van der Waals surface area contributed by atoms with E-state index >= 15 is 0 Å².